The molecule has 0 radical (unpaired) electrons. The summed E-state index contributed by atoms with van der Waals surface area (Å²) < 4.78 is 7.42. The zero-order chi connectivity index (χ0) is 14.9. The second kappa shape index (κ2) is 6.69. The van der Waals surface area contributed by atoms with Crippen molar-refractivity contribution in [3.8, 4) is 0 Å². The van der Waals surface area contributed by atoms with Crippen LogP contribution in [0.2, 0.25) is 0 Å². The molecule has 2 aliphatic rings. The summed E-state index contributed by atoms with van der Waals surface area (Å²) in [4.78, 5) is 1.49. The second-order valence-corrected chi connectivity index (χ2v) is 9.70. The summed E-state index contributed by atoms with van der Waals surface area (Å²) >= 11 is 5.48. The SMILES string of the molecule is CC(C)CNCC1(Cc2ccc(Br)s2)CCOC1C1CC1. The molecule has 21 heavy (non-hydrogen) atoms. The number of hydrogen-bond acceptors (Lipinski definition) is 3. The van der Waals surface area contributed by atoms with E-state index in [1.807, 2.05) is 11.3 Å². The maximum atomic E-state index is 6.18. The van der Waals surface area contributed by atoms with Crippen LogP contribution in [0.1, 0.15) is 38.0 Å². The fourth-order valence-electron chi connectivity index (χ4n) is 3.59. The summed E-state index contributed by atoms with van der Waals surface area (Å²) in [5.41, 5.74) is 0.306. The smallest absolute Gasteiger partial charge is 0.0701 e. The van der Waals surface area contributed by atoms with Gasteiger partial charge in [-0.05, 0) is 72.1 Å². The van der Waals surface area contributed by atoms with E-state index in [2.05, 4.69) is 47.2 Å². The summed E-state index contributed by atoms with van der Waals surface area (Å²) in [7, 11) is 0. The van der Waals surface area contributed by atoms with E-state index in [9.17, 15) is 0 Å². The second-order valence-electron chi connectivity index (χ2n) is 7.15. The molecule has 1 aliphatic carbocycles. The van der Waals surface area contributed by atoms with Crippen LogP contribution in [-0.2, 0) is 11.2 Å². The molecule has 2 unspecified atom stereocenters. The van der Waals surface area contributed by atoms with Crippen LogP contribution in [0.4, 0.5) is 0 Å². The van der Waals surface area contributed by atoms with E-state index >= 15 is 0 Å². The lowest BCUT2D eigenvalue weighted by Gasteiger charge is -2.35. The van der Waals surface area contributed by atoms with Crippen molar-refractivity contribution < 1.29 is 4.74 Å². The van der Waals surface area contributed by atoms with Gasteiger partial charge in [-0.25, -0.2) is 0 Å². The molecule has 1 aromatic rings. The van der Waals surface area contributed by atoms with Crippen molar-refractivity contribution in [3.63, 3.8) is 0 Å². The first-order valence-electron chi connectivity index (χ1n) is 8.16. The first-order chi connectivity index (χ1) is 10.1. The molecule has 1 saturated carbocycles. The minimum absolute atomic E-state index is 0.306. The van der Waals surface area contributed by atoms with Gasteiger partial charge in [0.05, 0.1) is 9.89 Å². The van der Waals surface area contributed by atoms with Gasteiger partial charge >= 0.3 is 0 Å². The number of nitrogens with one attached hydrogen (secondary N) is 1. The lowest BCUT2D eigenvalue weighted by Crippen LogP contribution is -2.44. The topological polar surface area (TPSA) is 21.3 Å². The zero-order valence-corrected chi connectivity index (χ0v) is 15.4. The molecular weight excluding hydrogens is 346 g/mol. The van der Waals surface area contributed by atoms with Crippen molar-refractivity contribution in [2.24, 2.45) is 17.3 Å². The average molecular weight is 372 g/mol. The Balaban J connectivity index is 1.73. The van der Waals surface area contributed by atoms with Gasteiger partial charge in [-0.3, -0.25) is 0 Å². The highest BCUT2D eigenvalue weighted by molar-refractivity contribution is 9.11. The molecule has 1 saturated heterocycles. The van der Waals surface area contributed by atoms with E-state index in [0.29, 0.717) is 17.4 Å². The molecule has 0 bridgehead atoms. The zero-order valence-electron chi connectivity index (χ0n) is 13.0. The molecule has 4 heteroatoms. The molecule has 0 spiro atoms. The molecule has 2 fully saturated rings. The minimum Gasteiger partial charge on any atom is -0.377 e. The predicted molar refractivity (Wildman–Crippen MR) is 92.9 cm³/mol. The largest absolute Gasteiger partial charge is 0.377 e. The molecule has 0 amide bonds. The number of halogens is 1. The molecule has 2 heterocycles. The third kappa shape index (κ3) is 3.90. The van der Waals surface area contributed by atoms with Gasteiger partial charge in [0.15, 0.2) is 0 Å². The normalized spacial score (nSPS) is 29.4. The number of thiophene rings is 1. The van der Waals surface area contributed by atoms with Crippen molar-refractivity contribution in [1.29, 1.82) is 0 Å². The van der Waals surface area contributed by atoms with Crippen LogP contribution in [0, 0.1) is 17.3 Å². The van der Waals surface area contributed by atoms with Crippen molar-refractivity contribution in [2.45, 2.75) is 45.6 Å². The van der Waals surface area contributed by atoms with Crippen molar-refractivity contribution >= 4 is 27.3 Å². The van der Waals surface area contributed by atoms with Gasteiger partial charge in [0.1, 0.15) is 0 Å². The summed E-state index contributed by atoms with van der Waals surface area (Å²) in [6, 6.07) is 4.46. The molecule has 3 rings (SSSR count). The van der Waals surface area contributed by atoms with Crippen LogP contribution in [0.5, 0.6) is 0 Å². The van der Waals surface area contributed by atoms with E-state index in [4.69, 9.17) is 4.74 Å². The Hall–Kier alpha value is 0.1000. The Morgan fingerprint density at radius 3 is 2.86 bits per heavy atom. The number of rotatable bonds is 7. The third-order valence-corrected chi connectivity index (χ3v) is 6.36. The van der Waals surface area contributed by atoms with Gasteiger partial charge in [-0.1, -0.05) is 13.8 Å². The molecule has 1 aromatic heterocycles. The average Bonchev–Trinajstić information content (AvgIpc) is 3.06. The maximum absolute atomic E-state index is 6.18. The molecule has 2 atom stereocenters. The summed E-state index contributed by atoms with van der Waals surface area (Å²) in [6.07, 6.45) is 5.57. The first kappa shape index (κ1) is 16.0. The minimum atomic E-state index is 0.306. The monoisotopic (exact) mass is 371 g/mol. The van der Waals surface area contributed by atoms with Crippen molar-refractivity contribution in [2.75, 3.05) is 19.7 Å². The molecule has 118 valence electrons. The van der Waals surface area contributed by atoms with Crippen molar-refractivity contribution in [1.82, 2.24) is 5.32 Å². The van der Waals surface area contributed by atoms with Crippen LogP contribution in [0.15, 0.2) is 15.9 Å². The standard InChI is InChI=1S/C17H26BrNOS/c1-12(2)10-19-11-17(9-14-5-6-15(18)21-14)7-8-20-16(17)13-3-4-13/h5-6,12-13,16,19H,3-4,7-11H2,1-2H3. The highest BCUT2D eigenvalue weighted by Gasteiger charge is 2.50. The summed E-state index contributed by atoms with van der Waals surface area (Å²) in [5.74, 6) is 1.52. The summed E-state index contributed by atoms with van der Waals surface area (Å²) in [5, 5.41) is 3.72. The van der Waals surface area contributed by atoms with Crippen molar-refractivity contribution in [3.05, 3.63) is 20.8 Å². The number of ether oxygens (including phenoxy) is 1. The van der Waals surface area contributed by atoms with Gasteiger partial charge in [-0.2, -0.15) is 0 Å². The Labute approximate surface area is 140 Å². The molecule has 1 aliphatic heterocycles. The Bertz CT molecular complexity index is 471. The Kier molecular flexibility index (Phi) is 5.09. The predicted octanol–water partition coefficient (Wildman–Crippen LogP) is 4.48. The molecule has 2 nitrogen and oxygen atoms in total. The van der Waals surface area contributed by atoms with Crippen LogP contribution < -0.4 is 5.32 Å². The maximum Gasteiger partial charge on any atom is 0.0701 e. The lowest BCUT2D eigenvalue weighted by atomic mass is 9.75. The van der Waals surface area contributed by atoms with Crippen LogP contribution in [-0.4, -0.2) is 25.8 Å². The fraction of sp³-hybridized carbons (Fsp3) is 0.765. The third-order valence-electron chi connectivity index (χ3n) is 4.74. The van der Waals surface area contributed by atoms with Crippen LogP contribution in [0.3, 0.4) is 0 Å². The van der Waals surface area contributed by atoms with E-state index in [1.165, 1.54) is 27.9 Å². The highest BCUT2D eigenvalue weighted by atomic mass is 79.9. The first-order valence-corrected chi connectivity index (χ1v) is 9.76. The van der Waals surface area contributed by atoms with E-state index in [0.717, 1.165) is 32.0 Å². The lowest BCUT2D eigenvalue weighted by molar-refractivity contribution is 0.0307. The Morgan fingerprint density at radius 1 is 1.43 bits per heavy atom. The van der Waals surface area contributed by atoms with E-state index in [1.54, 1.807) is 0 Å². The Morgan fingerprint density at radius 2 is 2.24 bits per heavy atom. The van der Waals surface area contributed by atoms with Gasteiger partial charge < -0.3 is 10.1 Å². The quantitative estimate of drug-likeness (QED) is 0.762. The molecular formula is C17H26BrNOS. The van der Waals surface area contributed by atoms with Gasteiger partial charge in [0.2, 0.25) is 0 Å². The molecule has 0 aromatic carbocycles. The van der Waals surface area contributed by atoms with Gasteiger partial charge in [0.25, 0.3) is 0 Å². The highest BCUT2D eigenvalue weighted by Crippen LogP contribution is 2.49. The van der Waals surface area contributed by atoms with Gasteiger partial charge in [0, 0.05) is 23.4 Å². The number of hydrogen-bond donors (Lipinski definition) is 1. The van der Waals surface area contributed by atoms with E-state index in [-0.39, 0.29) is 0 Å². The van der Waals surface area contributed by atoms with E-state index < -0.39 is 0 Å². The fourth-order valence-corrected chi connectivity index (χ4v) is 5.23. The van der Waals surface area contributed by atoms with Crippen LogP contribution in [0.25, 0.3) is 0 Å². The molecule has 1 N–H and O–H groups in total. The summed E-state index contributed by atoms with van der Waals surface area (Å²) in [6.45, 7) is 7.70. The van der Waals surface area contributed by atoms with Crippen LogP contribution >= 0.6 is 27.3 Å². The van der Waals surface area contributed by atoms with Gasteiger partial charge in [-0.15, -0.1) is 11.3 Å².